The second kappa shape index (κ2) is 5.49. The fraction of sp³-hybridized carbons (Fsp3) is 0.158. The lowest BCUT2D eigenvalue weighted by molar-refractivity contribution is 1.07. The van der Waals surface area contributed by atoms with Gasteiger partial charge in [-0.1, -0.05) is 60.2 Å². The Bertz CT molecular complexity index is 736. The van der Waals surface area contributed by atoms with Crippen LogP contribution in [0.4, 0.5) is 0 Å². The van der Waals surface area contributed by atoms with Crippen LogP contribution in [-0.4, -0.2) is 9.97 Å². The van der Waals surface area contributed by atoms with Crippen molar-refractivity contribution in [2.45, 2.75) is 20.8 Å². The molecule has 0 radical (unpaired) electrons. The molecular formula is C19H18N2. The lowest BCUT2D eigenvalue weighted by atomic mass is 10.0. The van der Waals surface area contributed by atoms with E-state index < -0.39 is 0 Å². The van der Waals surface area contributed by atoms with Crippen LogP contribution < -0.4 is 0 Å². The van der Waals surface area contributed by atoms with Gasteiger partial charge in [-0.15, -0.1) is 0 Å². The Balaban J connectivity index is 2.11. The van der Waals surface area contributed by atoms with Gasteiger partial charge in [0.05, 0.1) is 0 Å². The van der Waals surface area contributed by atoms with Gasteiger partial charge in [0.25, 0.3) is 0 Å². The Labute approximate surface area is 125 Å². The maximum atomic E-state index is 4.69. The summed E-state index contributed by atoms with van der Waals surface area (Å²) < 4.78 is 0. The van der Waals surface area contributed by atoms with Crippen LogP contribution in [-0.2, 0) is 0 Å². The summed E-state index contributed by atoms with van der Waals surface area (Å²) in [5.74, 6) is 0.793. The van der Waals surface area contributed by atoms with Crippen LogP contribution in [0.25, 0.3) is 22.5 Å². The summed E-state index contributed by atoms with van der Waals surface area (Å²) in [6.45, 7) is 6.20. The summed E-state index contributed by atoms with van der Waals surface area (Å²) >= 11 is 0. The molecule has 3 aromatic rings. The third-order valence-electron chi connectivity index (χ3n) is 3.64. The number of aryl methyl sites for hydroxylation is 3. The summed E-state index contributed by atoms with van der Waals surface area (Å²) in [4.78, 5) is 9.38. The molecule has 0 bridgehead atoms. The second-order valence-electron chi connectivity index (χ2n) is 5.33. The average Bonchev–Trinajstić information content (AvgIpc) is 2.49. The Morgan fingerprint density at radius 3 is 1.76 bits per heavy atom. The molecule has 2 aromatic carbocycles. The highest BCUT2D eigenvalue weighted by atomic mass is 14.9. The molecule has 2 nitrogen and oxygen atoms in total. The minimum absolute atomic E-state index is 0.793. The van der Waals surface area contributed by atoms with Crippen molar-refractivity contribution in [1.29, 1.82) is 0 Å². The lowest BCUT2D eigenvalue weighted by Crippen LogP contribution is -1.99. The SMILES string of the molecule is Cc1ccc(-c2c(C)nc(-c3ccccc3)nc2C)cc1. The van der Waals surface area contributed by atoms with Gasteiger partial charge in [-0.2, -0.15) is 0 Å². The van der Waals surface area contributed by atoms with Crippen LogP contribution in [0.1, 0.15) is 17.0 Å². The van der Waals surface area contributed by atoms with Crippen LogP contribution >= 0.6 is 0 Å². The van der Waals surface area contributed by atoms with Crippen molar-refractivity contribution in [2.24, 2.45) is 0 Å². The molecule has 0 saturated heterocycles. The molecule has 3 rings (SSSR count). The maximum Gasteiger partial charge on any atom is 0.159 e. The molecule has 0 saturated carbocycles. The number of nitrogens with zero attached hydrogens (tertiary/aromatic N) is 2. The van der Waals surface area contributed by atoms with E-state index in [2.05, 4.69) is 45.0 Å². The molecule has 0 aliphatic rings. The van der Waals surface area contributed by atoms with Gasteiger partial charge < -0.3 is 0 Å². The normalized spacial score (nSPS) is 10.6. The fourth-order valence-electron chi connectivity index (χ4n) is 2.57. The molecule has 0 unspecified atom stereocenters. The molecule has 2 heteroatoms. The zero-order valence-electron chi connectivity index (χ0n) is 12.6. The number of hydrogen-bond acceptors (Lipinski definition) is 2. The van der Waals surface area contributed by atoms with E-state index in [1.807, 2.05) is 30.3 Å². The first-order valence-electron chi connectivity index (χ1n) is 7.13. The van der Waals surface area contributed by atoms with E-state index in [1.54, 1.807) is 0 Å². The Morgan fingerprint density at radius 2 is 1.19 bits per heavy atom. The van der Waals surface area contributed by atoms with Crippen molar-refractivity contribution in [3.63, 3.8) is 0 Å². The maximum absolute atomic E-state index is 4.69. The van der Waals surface area contributed by atoms with Crippen LogP contribution in [0, 0.1) is 20.8 Å². The molecular weight excluding hydrogens is 256 g/mol. The first kappa shape index (κ1) is 13.5. The Hall–Kier alpha value is -2.48. The number of hydrogen-bond donors (Lipinski definition) is 0. The monoisotopic (exact) mass is 274 g/mol. The van der Waals surface area contributed by atoms with Crippen molar-refractivity contribution in [1.82, 2.24) is 9.97 Å². The summed E-state index contributed by atoms with van der Waals surface area (Å²) in [6, 6.07) is 18.6. The second-order valence-corrected chi connectivity index (χ2v) is 5.33. The molecule has 0 aliphatic carbocycles. The number of benzene rings is 2. The van der Waals surface area contributed by atoms with E-state index in [9.17, 15) is 0 Å². The van der Waals surface area contributed by atoms with Gasteiger partial charge in [0.2, 0.25) is 0 Å². The molecule has 1 heterocycles. The van der Waals surface area contributed by atoms with Crippen LogP contribution in [0.15, 0.2) is 54.6 Å². The molecule has 0 atom stereocenters. The van der Waals surface area contributed by atoms with Crippen LogP contribution in [0.2, 0.25) is 0 Å². The zero-order chi connectivity index (χ0) is 14.8. The quantitative estimate of drug-likeness (QED) is 0.674. The Kier molecular flexibility index (Phi) is 3.53. The molecule has 0 aliphatic heterocycles. The average molecular weight is 274 g/mol. The Morgan fingerprint density at radius 1 is 0.619 bits per heavy atom. The smallest absolute Gasteiger partial charge is 0.159 e. The van der Waals surface area contributed by atoms with Crippen molar-refractivity contribution >= 4 is 0 Å². The number of aromatic nitrogens is 2. The van der Waals surface area contributed by atoms with Gasteiger partial charge in [0.1, 0.15) is 0 Å². The number of rotatable bonds is 2. The first-order chi connectivity index (χ1) is 10.1. The lowest BCUT2D eigenvalue weighted by Gasteiger charge is -2.11. The minimum Gasteiger partial charge on any atom is -0.233 e. The largest absolute Gasteiger partial charge is 0.233 e. The summed E-state index contributed by atoms with van der Waals surface area (Å²) in [5.41, 5.74) is 6.66. The van der Waals surface area contributed by atoms with E-state index in [0.717, 1.165) is 28.3 Å². The molecule has 21 heavy (non-hydrogen) atoms. The van der Waals surface area contributed by atoms with E-state index in [4.69, 9.17) is 9.97 Å². The van der Waals surface area contributed by atoms with Crippen molar-refractivity contribution in [2.75, 3.05) is 0 Å². The molecule has 0 fully saturated rings. The summed E-state index contributed by atoms with van der Waals surface area (Å²) in [6.07, 6.45) is 0. The van der Waals surface area contributed by atoms with Crippen LogP contribution in [0.3, 0.4) is 0 Å². The van der Waals surface area contributed by atoms with E-state index in [-0.39, 0.29) is 0 Å². The van der Waals surface area contributed by atoms with Crippen molar-refractivity contribution in [3.8, 4) is 22.5 Å². The van der Waals surface area contributed by atoms with Gasteiger partial charge >= 0.3 is 0 Å². The van der Waals surface area contributed by atoms with Gasteiger partial charge in [0, 0.05) is 22.5 Å². The molecule has 0 N–H and O–H groups in total. The van der Waals surface area contributed by atoms with Crippen molar-refractivity contribution < 1.29 is 0 Å². The van der Waals surface area contributed by atoms with Gasteiger partial charge in [-0.05, 0) is 26.3 Å². The summed E-state index contributed by atoms with van der Waals surface area (Å²) in [5, 5.41) is 0. The zero-order valence-corrected chi connectivity index (χ0v) is 12.6. The first-order valence-corrected chi connectivity index (χ1v) is 7.13. The highest BCUT2D eigenvalue weighted by Crippen LogP contribution is 2.27. The standard InChI is InChI=1S/C19H18N2/c1-13-9-11-16(12-10-13)18-14(2)20-19(21-15(18)3)17-7-5-4-6-8-17/h4-12H,1-3H3. The molecule has 104 valence electrons. The highest BCUT2D eigenvalue weighted by molar-refractivity contribution is 5.70. The van der Waals surface area contributed by atoms with E-state index in [1.165, 1.54) is 11.1 Å². The van der Waals surface area contributed by atoms with Gasteiger partial charge in [0.15, 0.2) is 5.82 Å². The topological polar surface area (TPSA) is 25.8 Å². The molecule has 0 amide bonds. The van der Waals surface area contributed by atoms with Crippen molar-refractivity contribution in [3.05, 3.63) is 71.5 Å². The third-order valence-corrected chi connectivity index (χ3v) is 3.64. The predicted molar refractivity (Wildman–Crippen MR) is 87.1 cm³/mol. The summed E-state index contributed by atoms with van der Waals surface area (Å²) in [7, 11) is 0. The minimum atomic E-state index is 0.793. The third kappa shape index (κ3) is 2.70. The van der Waals surface area contributed by atoms with Crippen LogP contribution in [0.5, 0.6) is 0 Å². The highest BCUT2D eigenvalue weighted by Gasteiger charge is 2.11. The van der Waals surface area contributed by atoms with E-state index in [0.29, 0.717) is 0 Å². The predicted octanol–water partition coefficient (Wildman–Crippen LogP) is 4.74. The van der Waals surface area contributed by atoms with Gasteiger partial charge in [-0.3, -0.25) is 0 Å². The van der Waals surface area contributed by atoms with E-state index >= 15 is 0 Å². The molecule has 1 aromatic heterocycles. The van der Waals surface area contributed by atoms with Gasteiger partial charge in [-0.25, -0.2) is 9.97 Å². The fourth-order valence-corrected chi connectivity index (χ4v) is 2.57. The molecule has 0 spiro atoms.